The minimum atomic E-state index is -1.05. The molecule has 0 spiro atoms. The van der Waals surface area contributed by atoms with Crippen LogP contribution < -0.4 is 5.56 Å². The summed E-state index contributed by atoms with van der Waals surface area (Å²) in [5.74, 6) is -1.05. The van der Waals surface area contributed by atoms with Crippen LogP contribution in [0.3, 0.4) is 0 Å². The third-order valence-electron chi connectivity index (χ3n) is 3.77. The Balaban J connectivity index is 2.31. The van der Waals surface area contributed by atoms with Crippen molar-refractivity contribution >= 4 is 22.5 Å². The summed E-state index contributed by atoms with van der Waals surface area (Å²) in [6, 6.07) is 8.26. The van der Waals surface area contributed by atoms with Crippen LogP contribution in [0.4, 0.5) is 0 Å². The van der Waals surface area contributed by atoms with Gasteiger partial charge in [0.05, 0.1) is 16.5 Å². The second kappa shape index (κ2) is 5.60. The summed E-state index contributed by atoms with van der Waals surface area (Å²) in [5.41, 5.74) is 2.07. The van der Waals surface area contributed by atoms with E-state index in [1.54, 1.807) is 12.3 Å². The lowest BCUT2D eigenvalue weighted by atomic mass is 10.1. The molecule has 0 saturated heterocycles. The van der Waals surface area contributed by atoms with E-state index in [2.05, 4.69) is 11.9 Å². The van der Waals surface area contributed by atoms with E-state index in [1.807, 2.05) is 12.1 Å². The molecule has 5 nitrogen and oxygen atoms in total. The van der Waals surface area contributed by atoms with Crippen LogP contribution in [0.5, 0.6) is 0 Å². The quantitative estimate of drug-likeness (QED) is 0.751. The first kappa shape index (κ1) is 14.3. The number of unbranched alkanes of at least 4 members (excludes halogenated alkanes) is 1. The smallest absolute Gasteiger partial charge is 0.335 e. The average Bonchev–Trinajstić information content (AvgIpc) is 2.53. The normalized spacial score (nSPS) is 11.1. The number of carboxylic acids is 1. The largest absolute Gasteiger partial charge is 0.478 e. The molecule has 0 unspecified atom stereocenters. The molecule has 2 aromatic heterocycles. The summed E-state index contributed by atoms with van der Waals surface area (Å²) in [4.78, 5) is 28.2. The van der Waals surface area contributed by atoms with Crippen molar-refractivity contribution in [3.8, 4) is 0 Å². The van der Waals surface area contributed by atoms with Gasteiger partial charge >= 0.3 is 5.97 Å². The van der Waals surface area contributed by atoms with Crippen molar-refractivity contribution in [2.24, 2.45) is 0 Å². The molecule has 1 N–H and O–H groups in total. The van der Waals surface area contributed by atoms with Gasteiger partial charge in [0.15, 0.2) is 0 Å². The number of pyridine rings is 1. The van der Waals surface area contributed by atoms with E-state index >= 15 is 0 Å². The lowest BCUT2D eigenvalue weighted by Crippen LogP contribution is -2.16. The van der Waals surface area contributed by atoms with Crippen LogP contribution in [0.15, 0.2) is 41.3 Å². The molecule has 0 aliphatic carbocycles. The zero-order chi connectivity index (χ0) is 15.7. The molecule has 0 aliphatic heterocycles. The van der Waals surface area contributed by atoms with E-state index in [0.29, 0.717) is 16.6 Å². The number of carbonyl (C=O) groups is 1. The number of nitrogens with zero attached hydrogens (tertiary/aromatic N) is 2. The van der Waals surface area contributed by atoms with Gasteiger partial charge in [-0.1, -0.05) is 19.4 Å². The van der Waals surface area contributed by atoms with Crippen LogP contribution in [0, 0.1) is 0 Å². The third-order valence-corrected chi connectivity index (χ3v) is 3.77. The number of aromatic nitrogens is 2. The Labute approximate surface area is 126 Å². The van der Waals surface area contributed by atoms with Gasteiger partial charge in [-0.25, -0.2) is 9.78 Å². The molecule has 3 rings (SSSR count). The fraction of sp³-hybridized carbons (Fsp3) is 0.235. The van der Waals surface area contributed by atoms with Gasteiger partial charge < -0.3 is 5.11 Å². The highest BCUT2D eigenvalue weighted by Gasteiger charge is 2.11. The Morgan fingerprint density at radius 1 is 1.32 bits per heavy atom. The van der Waals surface area contributed by atoms with Crippen LogP contribution in [-0.4, -0.2) is 20.5 Å². The molecule has 3 aromatic rings. The number of hydrogen-bond donors (Lipinski definition) is 1. The molecule has 0 bridgehead atoms. The highest BCUT2D eigenvalue weighted by atomic mass is 16.4. The number of benzene rings is 1. The SMILES string of the molecule is CCCCc1cccn2c(=O)c3cc(C(=O)O)ccc3nc12. The maximum Gasteiger partial charge on any atom is 0.335 e. The first-order valence-corrected chi connectivity index (χ1v) is 7.29. The molecule has 2 heterocycles. The zero-order valence-corrected chi connectivity index (χ0v) is 12.2. The minimum Gasteiger partial charge on any atom is -0.478 e. The van der Waals surface area contributed by atoms with Crippen LogP contribution in [0.25, 0.3) is 16.6 Å². The Kier molecular flexibility index (Phi) is 3.63. The van der Waals surface area contributed by atoms with Gasteiger partial charge in [-0.05, 0) is 42.7 Å². The van der Waals surface area contributed by atoms with Crippen LogP contribution >= 0.6 is 0 Å². The molecule has 0 saturated carbocycles. The number of carboxylic acid groups (broad SMARTS) is 1. The van der Waals surface area contributed by atoms with Gasteiger partial charge in [-0.2, -0.15) is 0 Å². The summed E-state index contributed by atoms with van der Waals surface area (Å²) in [6.07, 6.45) is 4.64. The Bertz CT molecular complexity index is 928. The van der Waals surface area contributed by atoms with E-state index in [9.17, 15) is 9.59 Å². The second-order valence-electron chi connectivity index (χ2n) is 5.28. The predicted octanol–water partition coefficient (Wildman–Crippen LogP) is 2.89. The van der Waals surface area contributed by atoms with Crippen LogP contribution in [0.2, 0.25) is 0 Å². The number of fused-ring (bicyclic) bond motifs is 2. The van der Waals surface area contributed by atoms with Gasteiger partial charge in [-0.15, -0.1) is 0 Å². The monoisotopic (exact) mass is 296 g/mol. The number of hydrogen-bond acceptors (Lipinski definition) is 3. The summed E-state index contributed by atoms with van der Waals surface area (Å²) >= 11 is 0. The molecule has 0 amide bonds. The molecule has 22 heavy (non-hydrogen) atoms. The highest BCUT2D eigenvalue weighted by molar-refractivity contribution is 5.93. The van der Waals surface area contributed by atoms with Crippen molar-refractivity contribution in [1.29, 1.82) is 0 Å². The van der Waals surface area contributed by atoms with E-state index < -0.39 is 5.97 Å². The molecule has 0 fully saturated rings. The fourth-order valence-corrected chi connectivity index (χ4v) is 2.58. The van der Waals surface area contributed by atoms with Crippen molar-refractivity contribution in [2.45, 2.75) is 26.2 Å². The van der Waals surface area contributed by atoms with Gasteiger partial charge in [0.2, 0.25) is 0 Å². The van der Waals surface area contributed by atoms with Crippen molar-refractivity contribution in [3.63, 3.8) is 0 Å². The molecule has 0 radical (unpaired) electrons. The van der Waals surface area contributed by atoms with Crippen molar-refractivity contribution in [1.82, 2.24) is 9.38 Å². The average molecular weight is 296 g/mol. The van der Waals surface area contributed by atoms with Gasteiger partial charge in [0, 0.05) is 6.20 Å². The van der Waals surface area contributed by atoms with Crippen molar-refractivity contribution in [3.05, 3.63) is 58.0 Å². The van der Waals surface area contributed by atoms with E-state index in [0.717, 1.165) is 24.8 Å². The Morgan fingerprint density at radius 2 is 2.14 bits per heavy atom. The lowest BCUT2D eigenvalue weighted by Gasteiger charge is -2.08. The zero-order valence-electron chi connectivity index (χ0n) is 12.2. The molecule has 0 aliphatic rings. The molecular weight excluding hydrogens is 280 g/mol. The van der Waals surface area contributed by atoms with E-state index in [1.165, 1.54) is 16.5 Å². The highest BCUT2D eigenvalue weighted by Crippen LogP contribution is 2.16. The van der Waals surface area contributed by atoms with Crippen molar-refractivity contribution < 1.29 is 9.90 Å². The van der Waals surface area contributed by atoms with Crippen LogP contribution in [0.1, 0.15) is 35.7 Å². The molecule has 5 heteroatoms. The third kappa shape index (κ3) is 2.35. The first-order valence-electron chi connectivity index (χ1n) is 7.29. The summed E-state index contributed by atoms with van der Waals surface area (Å²) < 4.78 is 1.50. The van der Waals surface area contributed by atoms with E-state index in [4.69, 9.17) is 5.11 Å². The Morgan fingerprint density at radius 3 is 2.86 bits per heavy atom. The number of aryl methyl sites for hydroxylation is 1. The molecule has 1 aromatic carbocycles. The predicted molar refractivity (Wildman–Crippen MR) is 84.5 cm³/mol. The topological polar surface area (TPSA) is 71.7 Å². The fourth-order valence-electron chi connectivity index (χ4n) is 2.58. The minimum absolute atomic E-state index is 0.0912. The summed E-state index contributed by atoms with van der Waals surface area (Å²) in [7, 11) is 0. The maximum absolute atomic E-state index is 12.6. The van der Waals surface area contributed by atoms with Crippen molar-refractivity contribution in [2.75, 3.05) is 0 Å². The maximum atomic E-state index is 12.6. The number of rotatable bonds is 4. The molecule has 112 valence electrons. The summed E-state index contributed by atoms with van der Waals surface area (Å²) in [5, 5.41) is 9.38. The van der Waals surface area contributed by atoms with Gasteiger partial charge in [-0.3, -0.25) is 9.20 Å². The lowest BCUT2D eigenvalue weighted by molar-refractivity contribution is 0.0697. The van der Waals surface area contributed by atoms with Crippen LogP contribution in [-0.2, 0) is 6.42 Å². The molecular formula is C17H16N2O3. The van der Waals surface area contributed by atoms with Gasteiger partial charge in [0.1, 0.15) is 5.65 Å². The van der Waals surface area contributed by atoms with Gasteiger partial charge in [0.25, 0.3) is 5.56 Å². The molecule has 0 atom stereocenters. The second-order valence-corrected chi connectivity index (χ2v) is 5.28. The number of aromatic carboxylic acids is 1. The Hall–Kier alpha value is -2.69. The standard InChI is InChI=1S/C17H16N2O3/c1-2-3-5-11-6-4-9-19-15(11)18-14-8-7-12(17(21)22)10-13(14)16(19)20/h4,6-10H,2-3,5H2,1H3,(H,21,22). The first-order chi connectivity index (χ1) is 10.6. The summed E-state index contributed by atoms with van der Waals surface area (Å²) in [6.45, 7) is 2.12. The van der Waals surface area contributed by atoms with E-state index in [-0.39, 0.29) is 11.1 Å².